The molecular formula is C22H24N6O2. The van der Waals surface area contributed by atoms with E-state index in [9.17, 15) is 9.59 Å². The topological polar surface area (TPSA) is 84.2 Å². The molecule has 0 atom stereocenters. The van der Waals surface area contributed by atoms with Crippen LogP contribution in [-0.2, 0) is 4.79 Å². The number of carbonyl (C=O) groups excluding carboxylic acids is 2. The average Bonchev–Trinajstić information content (AvgIpc) is 3.28. The van der Waals surface area contributed by atoms with Crippen LogP contribution in [0.1, 0.15) is 28.8 Å². The number of ketones is 1. The van der Waals surface area contributed by atoms with Crippen molar-refractivity contribution in [2.24, 2.45) is 0 Å². The van der Waals surface area contributed by atoms with Crippen LogP contribution in [0.2, 0.25) is 0 Å². The number of carbonyl (C=O) groups is 2. The van der Waals surface area contributed by atoms with Crippen LogP contribution in [0.15, 0.2) is 54.6 Å². The predicted octanol–water partition coefficient (Wildman–Crippen LogP) is 2.28. The first kappa shape index (κ1) is 19.8. The van der Waals surface area contributed by atoms with E-state index in [1.54, 1.807) is 4.68 Å². The molecule has 1 aliphatic heterocycles. The van der Waals surface area contributed by atoms with Crippen LogP contribution in [0.25, 0.3) is 5.69 Å². The molecule has 8 nitrogen and oxygen atoms in total. The molecule has 0 N–H and O–H groups in total. The lowest BCUT2D eigenvalue weighted by Crippen LogP contribution is -2.49. The summed E-state index contributed by atoms with van der Waals surface area (Å²) in [5, 5.41) is 12.1. The van der Waals surface area contributed by atoms with Gasteiger partial charge in [0.1, 0.15) is 0 Å². The molecule has 1 aromatic heterocycles. The van der Waals surface area contributed by atoms with Gasteiger partial charge in [0.25, 0.3) is 0 Å². The van der Waals surface area contributed by atoms with Crippen molar-refractivity contribution in [1.29, 1.82) is 0 Å². The number of anilines is 1. The lowest BCUT2D eigenvalue weighted by molar-refractivity contribution is -0.131. The van der Waals surface area contributed by atoms with Gasteiger partial charge in [0.2, 0.25) is 11.9 Å². The summed E-state index contributed by atoms with van der Waals surface area (Å²) in [5.41, 5.74) is 2.66. The molecule has 1 fully saturated rings. The maximum absolute atomic E-state index is 12.6. The molecule has 30 heavy (non-hydrogen) atoms. The van der Waals surface area contributed by atoms with Gasteiger partial charge in [-0.2, -0.15) is 4.68 Å². The van der Waals surface area contributed by atoms with Crippen LogP contribution in [-0.4, -0.2) is 63.0 Å². The highest BCUT2D eigenvalue weighted by atomic mass is 16.2. The van der Waals surface area contributed by atoms with Gasteiger partial charge in [-0.25, -0.2) is 0 Å². The minimum atomic E-state index is 0.00373. The number of aromatic nitrogens is 4. The Balaban J connectivity index is 1.31. The van der Waals surface area contributed by atoms with Gasteiger partial charge in [-0.05, 0) is 29.5 Å². The maximum atomic E-state index is 12.6. The first-order chi connectivity index (χ1) is 14.6. The van der Waals surface area contributed by atoms with Crippen LogP contribution in [0.3, 0.4) is 0 Å². The van der Waals surface area contributed by atoms with E-state index in [1.165, 1.54) is 0 Å². The summed E-state index contributed by atoms with van der Waals surface area (Å²) >= 11 is 0. The fourth-order valence-electron chi connectivity index (χ4n) is 3.53. The quantitative estimate of drug-likeness (QED) is 0.586. The third kappa shape index (κ3) is 4.37. The number of amides is 1. The van der Waals surface area contributed by atoms with Crippen LogP contribution in [0.5, 0.6) is 0 Å². The Bertz CT molecular complexity index is 1010. The van der Waals surface area contributed by atoms with Gasteiger partial charge in [-0.1, -0.05) is 53.1 Å². The summed E-state index contributed by atoms with van der Waals surface area (Å²) in [6, 6.07) is 17.2. The number of hydrogen-bond donors (Lipinski definition) is 0. The smallest absolute Gasteiger partial charge is 0.250 e. The van der Waals surface area contributed by atoms with Crippen molar-refractivity contribution >= 4 is 17.6 Å². The summed E-state index contributed by atoms with van der Waals surface area (Å²) in [7, 11) is 0. The molecule has 2 heterocycles. The molecule has 0 bridgehead atoms. The van der Waals surface area contributed by atoms with E-state index in [2.05, 4.69) is 20.4 Å². The molecule has 0 unspecified atom stereocenters. The molecule has 3 aromatic rings. The molecule has 0 aliphatic carbocycles. The number of para-hydroxylation sites is 1. The maximum Gasteiger partial charge on any atom is 0.250 e. The van der Waals surface area contributed by atoms with E-state index in [0.717, 1.165) is 11.3 Å². The number of piperazine rings is 1. The van der Waals surface area contributed by atoms with Crippen molar-refractivity contribution in [3.05, 3.63) is 65.7 Å². The minimum Gasteiger partial charge on any atom is -0.339 e. The van der Waals surface area contributed by atoms with Gasteiger partial charge in [-0.3, -0.25) is 9.59 Å². The van der Waals surface area contributed by atoms with Crippen molar-refractivity contribution in [3.8, 4) is 5.69 Å². The zero-order valence-corrected chi connectivity index (χ0v) is 16.9. The van der Waals surface area contributed by atoms with Gasteiger partial charge in [0, 0.05) is 44.6 Å². The molecule has 2 aromatic carbocycles. The first-order valence-electron chi connectivity index (χ1n) is 10.1. The second-order valence-electron chi connectivity index (χ2n) is 7.38. The number of tetrazole rings is 1. The van der Waals surface area contributed by atoms with Crippen LogP contribution in [0, 0.1) is 6.92 Å². The SMILES string of the molecule is Cc1ccc(C(=O)CCC(=O)N2CCN(c3nnnn3-c3ccccc3)CC2)cc1. The summed E-state index contributed by atoms with van der Waals surface area (Å²) in [5.74, 6) is 0.685. The number of hydrogen-bond acceptors (Lipinski definition) is 6. The fraction of sp³-hybridized carbons (Fsp3) is 0.318. The van der Waals surface area contributed by atoms with E-state index < -0.39 is 0 Å². The summed E-state index contributed by atoms with van der Waals surface area (Å²) < 4.78 is 1.71. The number of aryl methyl sites for hydroxylation is 1. The zero-order valence-electron chi connectivity index (χ0n) is 16.9. The Morgan fingerprint density at radius 2 is 1.60 bits per heavy atom. The normalized spacial score (nSPS) is 14.0. The Morgan fingerprint density at radius 3 is 2.30 bits per heavy atom. The Morgan fingerprint density at radius 1 is 0.900 bits per heavy atom. The molecule has 1 saturated heterocycles. The number of Topliss-reactive ketones (excluding diaryl/α,β-unsaturated/α-hetero) is 1. The second kappa shape index (κ2) is 8.86. The van der Waals surface area contributed by atoms with Crippen LogP contribution in [0.4, 0.5) is 5.95 Å². The monoisotopic (exact) mass is 404 g/mol. The lowest BCUT2D eigenvalue weighted by atomic mass is 10.0. The van der Waals surface area contributed by atoms with E-state index in [-0.39, 0.29) is 24.5 Å². The van der Waals surface area contributed by atoms with E-state index in [0.29, 0.717) is 37.7 Å². The first-order valence-corrected chi connectivity index (χ1v) is 10.1. The molecular weight excluding hydrogens is 380 g/mol. The molecule has 1 aliphatic rings. The number of nitrogens with zero attached hydrogens (tertiary/aromatic N) is 6. The highest BCUT2D eigenvalue weighted by Gasteiger charge is 2.25. The van der Waals surface area contributed by atoms with E-state index >= 15 is 0 Å². The minimum absolute atomic E-state index is 0.00373. The molecule has 8 heteroatoms. The third-order valence-electron chi connectivity index (χ3n) is 5.31. The van der Waals surface area contributed by atoms with E-state index in [4.69, 9.17) is 0 Å². The average molecular weight is 404 g/mol. The van der Waals surface area contributed by atoms with Crippen molar-refractivity contribution in [2.45, 2.75) is 19.8 Å². The summed E-state index contributed by atoms with van der Waals surface area (Å²) in [4.78, 5) is 28.8. The van der Waals surface area contributed by atoms with E-state index in [1.807, 2.05) is 66.4 Å². The fourth-order valence-corrected chi connectivity index (χ4v) is 3.53. The molecule has 0 spiro atoms. The van der Waals surface area contributed by atoms with Crippen molar-refractivity contribution < 1.29 is 9.59 Å². The largest absolute Gasteiger partial charge is 0.339 e. The lowest BCUT2D eigenvalue weighted by Gasteiger charge is -2.34. The van der Waals surface area contributed by atoms with Crippen molar-refractivity contribution in [1.82, 2.24) is 25.1 Å². The van der Waals surface area contributed by atoms with Crippen LogP contribution >= 0.6 is 0 Å². The third-order valence-corrected chi connectivity index (χ3v) is 5.31. The number of rotatable bonds is 6. The molecule has 4 rings (SSSR count). The Kier molecular flexibility index (Phi) is 5.83. The van der Waals surface area contributed by atoms with Crippen molar-refractivity contribution in [3.63, 3.8) is 0 Å². The highest BCUT2D eigenvalue weighted by molar-refractivity contribution is 5.98. The Hall–Kier alpha value is -3.55. The van der Waals surface area contributed by atoms with Gasteiger partial charge < -0.3 is 9.80 Å². The van der Waals surface area contributed by atoms with Gasteiger partial charge in [-0.15, -0.1) is 0 Å². The molecule has 0 saturated carbocycles. The molecule has 1 amide bonds. The Labute approximate surface area is 175 Å². The highest BCUT2D eigenvalue weighted by Crippen LogP contribution is 2.17. The van der Waals surface area contributed by atoms with Crippen molar-refractivity contribution in [2.75, 3.05) is 31.1 Å². The summed E-state index contributed by atoms with van der Waals surface area (Å²) in [6.45, 7) is 4.43. The molecule has 154 valence electrons. The zero-order chi connectivity index (χ0) is 20.9. The van der Waals surface area contributed by atoms with Gasteiger partial charge in [0.05, 0.1) is 5.69 Å². The predicted molar refractivity (Wildman–Crippen MR) is 113 cm³/mol. The van der Waals surface area contributed by atoms with Crippen LogP contribution < -0.4 is 4.90 Å². The second-order valence-corrected chi connectivity index (χ2v) is 7.38. The molecule has 0 radical (unpaired) electrons. The summed E-state index contributed by atoms with van der Waals surface area (Å²) in [6.07, 6.45) is 0.461. The van der Waals surface area contributed by atoms with Gasteiger partial charge in [0.15, 0.2) is 5.78 Å². The number of benzene rings is 2. The van der Waals surface area contributed by atoms with Gasteiger partial charge >= 0.3 is 0 Å². The standard InChI is InChI=1S/C22H24N6O2/c1-17-7-9-18(10-8-17)20(29)11-12-21(30)26-13-15-27(16-14-26)22-23-24-25-28(22)19-5-3-2-4-6-19/h2-10H,11-16H2,1H3.